The van der Waals surface area contributed by atoms with Gasteiger partial charge in [0, 0.05) is 18.0 Å². The summed E-state index contributed by atoms with van der Waals surface area (Å²) < 4.78 is 5.46. The molecule has 0 radical (unpaired) electrons. The molecular weight excluding hydrogens is 214 g/mol. The van der Waals surface area contributed by atoms with E-state index < -0.39 is 0 Å². The van der Waals surface area contributed by atoms with E-state index in [-0.39, 0.29) is 5.54 Å². The summed E-state index contributed by atoms with van der Waals surface area (Å²) in [5.74, 6) is 2.32. The van der Waals surface area contributed by atoms with Crippen molar-refractivity contribution in [3.63, 3.8) is 0 Å². The number of nitrogens with one attached hydrogen (secondary N) is 1. The van der Waals surface area contributed by atoms with Gasteiger partial charge in [-0.2, -0.15) is 4.98 Å². The number of aromatic nitrogens is 2. The van der Waals surface area contributed by atoms with Gasteiger partial charge in [0.2, 0.25) is 5.88 Å². The second-order valence-corrected chi connectivity index (χ2v) is 5.07. The third-order valence-electron chi connectivity index (χ3n) is 2.02. The Kier molecular flexibility index (Phi) is 4.73. The van der Waals surface area contributed by atoms with E-state index in [4.69, 9.17) is 4.74 Å². The minimum Gasteiger partial charge on any atom is -0.478 e. The smallest absolute Gasteiger partial charge is 0.218 e. The first kappa shape index (κ1) is 13.7. The first-order valence-electron chi connectivity index (χ1n) is 6.23. The molecule has 1 aromatic rings. The Labute approximate surface area is 104 Å². The van der Waals surface area contributed by atoms with Crippen LogP contribution in [0.5, 0.6) is 5.88 Å². The molecule has 0 aliphatic carbocycles. The summed E-state index contributed by atoms with van der Waals surface area (Å²) in [5.41, 5.74) is -0.0126. The molecule has 0 aliphatic heterocycles. The number of hydrogen-bond donors (Lipinski definition) is 1. The fourth-order valence-corrected chi connectivity index (χ4v) is 1.48. The minimum absolute atomic E-state index is 0.0126. The molecule has 17 heavy (non-hydrogen) atoms. The molecule has 0 saturated carbocycles. The van der Waals surface area contributed by atoms with Gasteiger partial charge in [-0.25, -0.2) is 4.98 Å². The highest BCUT2D eigenvalue weighted by atomic mass is 16.5. The lowest BCUT2D eigenvalue weighted by Crippen LogP contribution is -2.27. The van der Waals surface area contributed by atoms with E-state index in [1.165, 1.54) is 0 Å². The summed E-state index contributed by atoms with van der Waals surface area (Å²) in [6.45, 7) is 11.0. The molecule has 1 rings (SSSR count). The molecule has 96 valence electrons. The molecule has 1 N–H and O–H groups in total. The highest BCUT2D eigenvalue weighted by Crippen LogP contribution is 2.18. The SMILES string of the molecule is CCCc1nc(NC(C)(C)C)cc(OCC)n1. The Bertz CT molecular complexity index is 334. The van der Waals surface area contributed by atoms with E-state index in [9.17, 15) is 0 Å². The molecule has 0 bridgehead atoms. The number of nitrogens with zero attached hydrogens (tertiary/aromatic N) is 2. The highest BCUT2D eigenvalue weighted by Gasteiger charge is 2.12. The molecule has 0 aliphatic rings. The van der Waals surface area contributed by atoms with Crippen LogP contribution in [0, 0.1) is 0 Å². The van der Waals surface area contributed by atoms with Crippen molar-refractivity contribution < 1.29 is 4.74 Å². The molecule has 1 aromatic heterocycles. The average Bonchev–Trinajstić information content (AvgIpc) is 2.15. The Hall–Kier alpha value is -1.32. The van der Waals surface area contributed by atoms with Crippen molar-refractivity contribution in [1.29, 1.82) is 0 Å². The molecule has 1 heterocycles. The van der Waals surface area contributed by atoms with Crippen molar-refractivity contribution in [2.24, 2.45) is 0 Å². The Balaban J connectivity index is 2.94. The maximum absolute atomic E-state index is 5.46. The van der Waals surface area contributed by atoms with Gasteiger partial charge in [0.1, 0.15) is 11.6 Å². The largest absolute Gasteiger partial charge is 0.478 e. The van der Waals surface area contributed by atoms with E-state index >= 15 is 0 Å². The molecule has 4 heteroatoms. The van der Waals surface area contributed by atoms with Crippen LogP contribution >= 0.6 is 0 Å². The third kappa shape index (κ3) is 5.02. The maximum Gasteiger partial charge on any atom is 0.218 e. The zero-order valence-electron chi connectivity index (χ0n) is 11.5. The van der Waals surface area contributed by atoms with Gasteiger partial charge < -0.3 is 10.1 Å². The molecule has 0 saturated heterocycles. The van der Waals surface area contributed by atoms with Crippen LogP contribution in [0.1, 0.15) is 46.9 Å². The first-order valence-corrected chi connectivity index (χ1v) is 6.23. The second-order valence-electron chi connectivity index (χ2n) is 5.07. The molecule has 0 aromatic carbocycles. The van der Waals surface area contributed by atoms with E-state index in [1.807, 2.05) is 13.0 Å². The zero-order valence-corrected chi connectivity index (χ0v) is 11.5. The van der Waals surface area contributed by atoms with Crippen LogP contribution < -0.4 is 10.1 Å². The summed E-state index contributed by atoms with van der Waals surface area (Å²) >= 11 is 0. The summed E-state index contributed by atoms with van der Waals surface area (Å²) in [6.07, 6.45) is 1.91. The molecule has 4 nitrogen and oxygen atoms in total. The quantitative estimate of drug-likeness (QED) is 0.855. The zero-order chi connectivity index (χ0) is 12.9. The summed E-state index contributed by atoms with van der Waals surface area (Å²) in [5, 5.41) is 3.35. The Morgan fingerprint density at radius 2 is 1.94 bits per heavy atom. The Morgan fingerprint density at radius 3 is 2.47 bits per heavy atom. The van der Waals surface area contributed by atoms with Crippen LogP contribution in [-0.2, 0) is 6.42 Å². The third-order valence-corrected chi connectivity index (χ3v) is 2.02. The van der Waals surface area contributed by atoms with Crippen LogP contribution in [0.4, 0.5) is 5.82 Å². The fourth-order valence-electron chi connectivity index (χ4n) is 1.48. The molecule has 0 atom stereocenters. The predicted molar refractivity (Wildman–Crippen MR) is 70.6 cm³/mol. The monoisotopic (exact) mass is 237 g/mol. The van der Waals surface area contributed by atoms with Gasteiger partial charge in [-0.15, -0.1) is 0 Å². The molecule has 0 fully saturated rings. The van der Waals surface area contributed by atoms with Crippen molar-refractivity contribution in [2.45, 2.75) is 53.0 Å². The van der Waals surface area contributed by atoms with Crippen molar-refractivity contribution in [1.82, 2.24) is 9.97 Å². The highest BCUT2D eigenvalue weighted by molar-refractivity contribution is 5.40. The standard InChI is InChI=1S/C13H23N3O/c1-6-8-10-14-11(16-13(3,4)5)9-12(15-10)17-7-2/h9H,6-8H2,1-5H3,(H,14,15,16). The van der Waals surface area contributed by atoms with Crippen molar-refractivity contribution >= 4 is 5.82 Å². The lowest BCUT2D eigenvalue weighted by Gasteiger charge is -2.21. The van der Waals surface area contributed by atoms with Gasteiger partial charge in [-0.3, -0.25) is 0 Å². The fraction of sp³-hybridized carbons (Fsp3) is 0.692. The topological polar surface area (TPSA) is 47.0 Å². The van der Waals surface area contributed by atoms with E-state index in [0.29, 0.717) is 12.5 Å². The van der Waals surface area contributed by atoms with Gasteiger partial charge in [-0.05, 0) is 34.1 Å². The molecular formula is C13H23N3O. The van der Waals surface area contributed by atoms with E-state index in [2.05, 4.69) is 43.0 Å². The van der Waals surface area contributed by atoms with Crippen LogP contribution in [0.2, 0.25) is 0 Å². The maximum atomic E-state index is 5.46. The van der Waals surface area contributed by atoms with Crippen molar-refractivity contribution in [2.75, 3.05) is 11.9 Å². The average molecular weight is 237 g/mol. The summed E-state index contributed by atoms with van der Waals surface area (Å²) in [7, 11) is 0. The summed E-state index contributed by atoms with van der Waals surface area (Å²) in [4.78, 5) is 8.86. The minimum atomic E-state index is -0.0126. The van der Waals surface area contributed by atoms with Gasteiger partial charge in [0.25, 0.3) is 0 Å². The lowest BCUT2D eigenvalue weighted by molar-refractivity contribution is 0.325. The van der Waals surface area contributed by atoms with E-state index in [1.54, 1.807) is 0 Å². The number of aryl methyl sites for hydroxylation is 1. The molecule has 0 spiro atoms. The lowest BCUT2D eigenvalue weighted by atomic mass is 10.1. The number of ether oxygens (including phenoxy) is 1. The van der Waals surface area contributed by atoms with Crippen LogP contribution in [-0.4, -0.2) is 22.1 Å². The number of anilines is 1. The van der Waals surface area contributed by atoms with E-state index in [0.717, 1.165) is 24.5 Å². The molecule has 0 amide bonds. The number of rotatable bonds is 5. The van der Waals surface area contributed by atoms with Gasteiger partial charge in [0.15, 0.2) is 0 Å². The number of hydrogen-bond acceptors (Lipinski definition) is 4. The Morgan fingerprint density at radius 1 is 1.24 bits per heavy atom. The van der Waals surface area contributed by atoms with Crippen LogP contribution in [0.3, 0.4) is 0 Å². The molecule has 0 unspecified atom stereocenters. The van der Waals surface area contributed by atoms with Crippen LogP contribution in [0.15, 0.2) is 6.07 Å². The second kappa shape index (κ2) is 5.84. The van der Waals surface area contributed by atoms with Gasteiger partial charge in [0.05, 0.1) is 6.61 Å². The summed E-state index contributed by atoms with van der Waals surface area (Å²) in [6, 6.07) is 1.86. The van der Waals surface area contributed by atoms with Gasteiger partial charge >= 0.3 is 0 Å². The predicted octanol–water partition coefficient (Wildman–Crippen LogP) is 3.04. The first-order chi connectivity index (χ1) is 7.94. The normalized spacial score (nSPS) is 11.4. The van der Waals surface area contributed by atoms with Crippen LogP contribution in [0.25, 0.3) is 0 Å². The van der Waals surface area contributed by atoms with Crippen molar-refractivity contribution in [3.8, 4) is 5.88 Å². The van der Waals surface area contributed by atoms with Gasteiger partial charge in [-0.1, -0.05) is 6.92 Å². The van der Waals surface area contributed by atoms with Crippen molar-refractivity contribution in [3.05, 3.63) is 11.9 Å².